The molecule has 5 heterocycles. The molecule has 4 aliphatic rings. The molecule has 4 amide bonds. The van der Waals surface area contributed by atoms with E-state index in [1.54, 1.807) is 11.0 Å². The summed E-state index contributed by atoms with van der Waals surface area (Å²) in [6.45, 7) is 13.1. The highest BCUT2D eigenvalue weighted by Gasteiger charge is 2.37. The van der Waals surface area contributed by atoms with E-state index < -0.39 is 18.0 Å². The number of likely N-dealkylation sites (tertiary alicyclic amines) is 3. The lowest BCUT2D eigenvalue weighted by molar-refractivity contribution is -0.145. The molecular weight excluding hydrogens is 741 g/mol. The summed E-state index contributed by atoms with van der Waals surface area (Å²) >= 11 is 0. The number of urea groups is 1. The number of unbranched alkanes of at least 4 members (excludes halogenated alkanes) is 1. The molecule has 316 valence electrons. The summed E-state index contributed by atoms with van der Waals surface area (Å²) in [5, 5.41) is 3.05. The Morgan fingerprint density at radius 3 is 2.26 bits per heavy atom. The lowest BCUT2D eigenvalue weighted by Gasteiger charge is -2.41. The van der Waals surface area contributed by atoms with Gasteiger partial charge in [-0.3, -0.25) is 19.5 Å². The largest absolute Gasteiger partial charge is 0.465 e. The fraction of sp³-hybridized carbons (Fsp3) is 0.614. The summed E-state index contributed by atoms with van der Waals surface area (Å²) in [6, 6.07) is 11.3. The maximum atomic E-state index is 14.3. The molecule has 3 fully saturated rings. The van der Waals surface area contributed by atoms with Gasteiger partial charge < -0.3 is 33.9 Å². The number of amides is 4. The number of anilines is 1. The third-order valence-electron chi connectivity index (χ3n) is 12.3. The van der Waals surface area contributed by atoms with Gasteiger partial charge in [-0.2, -0.15) is 0 Å². The zero-order valence-corrected chi connectivity index (χ0v) is 34.8. The van der Waals surface area contributed by atoms with Gasteiger partial charge in [-0.15, -0.1) is 0 Å². The van der Waals surface area contributed by atoms with Gasteiger partial charge in [0.1, 0.15) is 0 Å². The molecule has 0 saturated carbocycles. The van der Waals surface area contributed by atoms with Gasteiger partial charge >= 0.3 is 23.8 Å². The van der Waals surface area contributed by atoms with Gasteiger partial charge in [0, 0.05) is 50.9 Å². The number of benzene rings is 2. The van der Waals surface area contributed by atoms with Crippen molar-refractivity contribution in [3.63, 3.8) is 0 Å². The molecule has 0 bridgehead atoms. The zero-order valence-electron chi connectivity index (χ0n) is 34.8. The number of ether oxygens (including phenoxy) is 2. The molecule has 1 atom stereocenters. The Labute approximate surface area is 341 Å². The third-order valence-corrected chi connectivity index (χ3v) is 12.3. The number of rotatable bonds is 11. The number of aryl methyl sites for hydroxylation is 1. The highest BCUT2D eigenvalue weighted by molar-refractivity contribution is 5.91. The maximum absolute atomic E-state index is 14.3. The van der Waals surface area contributed by atoms with E-state index in [1.165, 1.54) is 0 Å². The standard InChI is InChI=1S/C42H56N6O8.C2H6/c1-3-4-23-54-37(49)27-45-16-9-30(10-17-45)31-11-18-46(19-12-31)39(50)36(26-29-24-28(2)38-35(25-29)55-41(52)44-38)56-42(53)47-20-14-33(15-21-47)48-22-13-32-7-5-6-8-34(32)43-40(48)51;1-2/h5-8,24-25,30-31,33,36H,3-4,9-23,26-27H2,1-2H3,(H,43,51)(H,44,52);1-2H3/t36-;/m1./s1. The van der Waals surface area contributed by atoms with Gasteiger partial charge in [-0.05, 0) is 112 Å². The maximum Gasteiger partial charge on any atom is 0.417 e. The molecular formula is C44H62N6O8. The number of para-hydroxylation sites is 1. The number of piperidine rings is 3. The zero-order chi connectivity index (χ0) is 41.2. The van der Waals surface area contributed by atoms with Crippen LogP contribution in [0.2, 0.25) is 0 Å². The highest BCUT2D eigenvalue weighted by atomic mass is 16.6. The second kappa shape index (κ2) is 20.2. The molecule has 14 heteroatoms. The van der Waals surface area contributed by atoms with Gasteiger partial charge in [0.25, 0.3) is 5.91 Å². The molecule has 2 N–H and O–H groups in total. The SMILES string of the molecule is CC.CCCCOC(=O)CN1CCC(C2CCN(C(=O)[C@@H](Cc3cc(C)c4[nH]c(=O)oc4c3)OC(=O)N3CCC(N4CCc5ccccc5NC4=O)CC3)CC2)CC1. The summed E-state index contributed by atoms with van der Waals surface area (Å²) in [7, 11) is 0. The average molecular weight is 803 g/mol. The summed E-state index contributed by atoms with van der Waals surface area (Å²) in [4.78, 5) is 75.6. The van der Waals surface area contributed by atoms with E-state index in [0.29, 0.717) is 81.7 Å². The summed E-state index contributed by atoms with van der Waals surface area (Å²) in [5.74, 6) is 0.102. The highest BCUT2D eigenvalue weighted by Crippen LogP contribution is 2.33. The molecule has 4 aliphatic heterocycles. The fourth-order valence-corrected chi connectivity index (χ4v) is 9.04. The van der Waals surface area contributed by atoms with Crippen LogP contribution in [0.5, 0.6) is 0 Å². The number of carbonyl (C=O) groups is 4. The first-order valence-electron chi connectivity index (χ1n) is 21.5. The fourth-order valence-electron chi connectivity index (χ4n) is 9.04. The van der Waals surface area contributed by atoms with Crippen molar-refractivity contribution in [2.24, 2.45) is 11.8 Å². The number of nitrogens with zero attached hydrogens (tertiary/aromatic N) is 4. The van der Waals surface area contributed by atoms with Crippen LogP contribution in [0.1, 0.15) is 88.8 Å². The molecule has 1 aromatic heterocycles. The van der Waals surface area contributed by atoms with Gasteiger partial charge in [0.15, 0.2) is 11.7 Å². The number of nitrogens with one attached hydrogen (secondary N) is 2. The smallest absolute Gasteiger partial charge is 0.417 e. The van der Waals surface area contributed by atoms with Crippen LogP contribution in [-0.2, 0) is 31.9 Å². The molecule has 58 heavy (non-hydrogen) atoms. The lowest BCUT2D eigenvalue weighted by atomic mass is 9.78. The second-order valence-electron chi connectivity index (χ2n) is 16.0. The van der Waals surface area contributed by atoms with Crippen molar-refractivity contribution in [2.45, 2.75) is 104 Å². The molecule has 0 radical (unpaired) electrons. The van der Waals surface area contributed by atoms with Gasteiger partial charge in [-0.1, -0.05) is 51.5 Å². The molecule has 14 nitrogen and oxygen atoms in total. The summed E-state index contributed by atoms with van der Waals surface area (Å²) in [5.41, 5.74) is 4.47. The molecule has 0 aliphatic carbocycles. The Kier molecular flexibility index (Phi) is 14.9. The molecule has 2 aromatic carbocycles. The summed E-state index contributed by atoms with van der Waals surface area (Å²) < 4.78 is 16.8. The topological polar surface area (TPSA) is 158 Å². The van der Waals surface area contributed by atoms with Crippen LogP contribution in [0.3, 0.4) is 0 Å². The molecule has 0 unspecified atom stereocenters. The minimum absolute atomic E-state index is 0.0166. The van der Waals surface area contributed by atoms with Crippen molar-refractivity contribution >= 4 is 40.8 Å². The number of esters is 1. The van der Waals surface area contributed by atoms with Crippen molar-refractivity contribution in [1.82, 2.24) is 24.6 Å². The molecule has 7 rings (SSSR count). The molecule has 3 aromatic rings. The van der Waals surface area contributed by atoms with Gasteiger partial charge in [0.05, 0.1) is 18.7 Å². The Hall–Kier alpha value is -4.85. The number of aromatic nitrogens is 1. The van der Waals surface area contributed by atoms with Crippen LogP contribution in [0, 0.1) is 18.8 Å². The normalized spacial score (nSPS) is 19.1. The monoisotopic (exact) mass is 802 g/mol. The Morgan fingerprint density at radius 1 is 0.879 bits per heavy atom. The predicted octanol–water partition coefficient (Wildman–Crippen LogP) is 6.35. The number of hydrogen-bond donors (Lipinski definition) is 2. The van der Waals surface area contributed by atoms with E-state index in [0.717, 1.165) is 80.4 Å². The Morgan fingerprint density at radius 2 is 1.55 bits per heavy atom. The van der Waals surface area contributed by atoms with Crippen LogP contribution < -0.4 is 11.1 Å². The van der Waals surface area contributed by atoms with E-state index >= 15 is 0 Å². The number of H-pyrrole nitrogens is 1. The lowest BCUT2D eigenvalue weighted by Crippen LogP contribution is -2.52. The number of hydrogen-bond acceptors (Lipinski definition) is 9. The number of oxazole rings is 1. The number of carbonyl (C=O) groups excluding carboxylic acids is 4. The average Bonchev–Trinajstić information content (AvgIpc) is 3.54. The van der Waals surface area contributed by atoms with E-state index in [1.807, 2.05) is 60.9 Å². The minimum atomic E-state index is -1.06. The quantitative estimate of drug-likeness (QED) is 0.167. The molecule has 0 spiro atoms. The van der Waals surface area contributed by atoms with Crippen LogP contribution in [0.4, 0.5) is 15.3 Å². The minimum Gasteiger partial charge on any atom is -0.465 e. The van der Waals surface area contributed by atoms with E-state index in [2.05, 4.69) is 22.1 Å². The van der Waals surface area contributed by atoms with Gasteiger partial charge in [-0.25, -0.2) is 14.4 Å². The van der Waals surface area contributed by atoms with Crippen LogP contribution >= 0.6 is 0 Å². The third kappa shape index (κ3) is 10.6. The number of fused-ring (bicyclic) bond motifs is 2. The second-order valence-corrected chi connectivity index (χ2v) is 16.0. The number of aromatic amines is 1. The first kappa shape index (κ1) is 42.7. The Bertz CT molecular complexity index is 1920. The van der Waals surface area contributed by atoms with Crippen molar-refractivity contribution in [1.29, 1.82) is 0 Å². The van der Waals surface area contributed by atoms with Crippen molar-refractivity contribution < 1.29 is 33.1 Å². The van der Waals surface area contributed by atoms with Crippen molar-refractivity contribution in [3.05, 3.63) is 63.6 Å². The van der Waals surface area contributed by atoms with Crippen molar-refractivity contribution in [3.8, 4) is 0 Å². The first-order chi connectivity index (χ1) is 28.1. The van der Waals surface area contributed by atoms with Gasteiger partial charge in [0.2, 0.25) is 0 Å². The molecule has 3 saturated heterocycles. The summed E-state index contributed by atoms with van der Waals surface area (Å²) in [6.07, 6.45) is 6.17. The predicted molar refractivity (Wildman–Crippen MR) is 222 cm³/mol. The van der Waals surface area contributed by atoms with Crippen LogP contribution in [0.25, 0.3) is 11.1 Å². The van der Waals surface area contributed by atoms with E-state index in [4.69, 9.17) is 13.9 Å². The Balaban J connectivity index is 0.00000279. The van der Waals surface area contributed by atoms with E-state index in [9.17, 15) is 24.0 Å². The first-order valence-corrected chi connectivity index (χ1v) is 21.5. The van der Waals surface area contributed by atoms with Crippen LogP contribution in [0.15, 0.2) is 45.6 Å². The van der Waals surface area contributed by atoms with E-state index in [-0.39, 0.29) is 30.4 Å². The van der Waals surface area contributed by atoms with Crippen molar-refractivity contribution in [2.75, 3.05) is 64.3 Å². The van der Waals surface area contributed by atoms with Crippen LogP contribution in [-0.4, -0.2) is 120 Å².